The molecule has 1 saturated heterocycles. The van der Waals surface area contributed by atoms with Gasteiger partial charge in [-0.25, -0.2) is 9.97 Å². The molecular formula is C45H56N14O7. The first kappa shape index (κ1) is 45.3. The predicted molar refractivity (Wildman–Crippen MR) is 245 cm³/mol. The van der Waals surface area contributed by atoms with Gasteiger partial charge in [-0.15, -0.1) is 0 Å². The second-order valence-corrected chi connectivity index (χ2v) is 16.6. The zero-order chi connectivity index (χ0) is 46.6. The van der Waals surface area contributed by atoms with Gasteiger partial charge < -0.3 is 40.3 Å². The molecule has 4 aromatic heterocycles. The number of imidazole rings is 2. The molecule has 6 heterocycles. The lowest BCUT2D eigenvalue weighted by Gasteiger charge is -2.27. The quantitative estimate of drug-likeness (QED) is 0.0775. The summed E-state index contributed by atoms with van der Waals surface area (Å²) in [6, 6.07) is 9.23. The monoisotopic (exact) mass is 904 g/mol. The Balaban J connectivity index is 1.09. The molecule has 348 valence electrons. The fraction of sp³-hybridized carbons (Fsp3) is 0.444. The van der Waals surface area contributed by atoms with Gasteiger partial charge in [0.15, 0.2) is 0 Å². The van der Waals surface area contributed by atoms with E-state index in [-0.39, 0.29) is 66.9 Å². The third kappa shape index (κ3) is 9.56. The molecule has 66 heavy (non-hydrogen) atoms. The molecule has 1 fully saturated rings. The van der Waals surface area contributed by atoms with Crippen LogP contribution in [0.25, 0.3) is 22.1 Å². The average Bonchev–Trinajstić information content (AvgIpc) is 4.07. The SMILES string of the molecule is CCn1nc(C)cc1C(=O)Nc1nc2cc(C(N)=O)cc(OCCC(=O)NCCN3CCCCC3)c2n1CCC[C@H]1COc2cc(C(N)=O)cc3nc(NC(=O)c4cc(C)nn4CC)n1c23. The molecule has 2 aliphatic rings. The van der Waals surface area contributed by atoms with Crippen molar-refractivity contribution in [3.63, 3.8) is 0 Å². The number of aromatic nitrogens is 8. The minimum Gasteiger partial charge on any atom is -0.491 e. The van der Waals surface area contributed by atoms with Gasteiger partial charge in [-0.05, 0) is 103 Å². The number of nitrogens with zero attached hydrogens (tertiary/aromatic N) is 9. The number of carbonyl (C=O) groups excluding carboxylic acids is 5. The number of nitrogens with one attached hydrogen (secondary N) is 3. The van der Waals surface area contributed by atoms with E-state index in [0.29, 0.717) is 83.1 Å². The molecule has 2 aromatic carbocycles. The lowest BCUT2D eigenvalue weighted by Crippen LogP contribution is -2.37. The zero-order valence-corrected chi connectivity index (χ0v) is 37.7. The predicted octanol–water partition coefficient (Wildman–Crippen LogP) is 3.92. The largest absolute Gasteiger partial charge is 0.491 e. The molecular weight excluding hydrogens is 849 g/mol. The van der Waals surface area contributed by atoms with Crippen molar-refractivity contribution < 1.29 is 33.4 Å². The summed E-state index contributed by atoms with van der Waals surface area (Å²) in [7, 11) is 0. The first-order chi connectivity index (χ1) is 31.8. The molecule has 0 spiro atoms. The van der Waals surface area contributed by atoms with E-state index in [1.165, 1.54) is 12.5 Å². The molecule has 8 rings (SSSR count). The number of carbonyl (C=O) groups is 5. The first-order valence-electron chi connectivity index (χ1n) is 22.5. The molecule has 5 amide bonds. The highest BCUT2D eigenvalue weighted by Gasteiger charge is 2.30. The number of amides is 5. The van der Waals surface area contributed by atoms with Gasteiger partial charge in [-0.1, -0.05) is 6.42 Å². The molecule has 6 aromatic rings. The smallest absolute Gasteiger partial charge is 0.276 e. The lowest BCUT2D eigenvalue weighted by molar-refractivity contribution is -0.121. The number of piperidine rings is 1. The van der Waals surface area contributed by atoms with Crippen LogP contribution in [0.5, 0.6) is 11.5 Å². The van der Waals surface area contributed by atoms with Crippen LogP contribution >= 0.6 is 0 Å². The molecule has 1 atom stereocenters. The Hall–Kier alpha value is -7.29. The summed E-state index contributed by atoms with van der Waals surface area (Å²) >= 11 is 0. The van der Waals surface area contributed by atoms with E-state index in [1.54, 1.807) is 46.6 Å². The van der Waals surface area contributed by atoms with Gasteiger partial charge >= 0.3 is 0 Å². The van der Waals surface area contributed by atoms with Crippen LogP contribution in [0.4, 0.5) is 11.9 Å². The number of anilines is 2. The Morgan fingerprint density at radius 1 is 0.773 bits per heavy atom. The normalized spacial score (nSPS) is 14.9. The van der Waals surface area contributed by atoms with Crippen molar-refractivity contribution in [3.8, 4) is 11.5 Å². The van der Waals surface area contributed by atoms with Gasteiger partial charge in [-0.3, -0.25) is 44.0 Å². The van der Waals surface area contributed by atoms with Gasteiger partial charge in [0.1, 0.15) is 40.5 Å². The van der Waals surface area contributed by atoms with Gasteiger partial charge in [0.25, 0.3) is 11.8 Å². The summed E-state index contributed by atoms with van der Waals surface area (Å²) in [5.41, 5.74) is 15.7. The Morgan fingerprint density at radius 2 is 1.38 bits per heavy atom. The van der Waals surface area contributed by atoms with Gasteiger partial charge in [0.05, 0.1) is 41.5 Å². The van der Waals surface area contributed by atoms with E-state index >= 15 is 0 Å². The molecule has 0 radical (unpaired) electrons. The third-order valence-electron chi connectivity index (χ3n) is 11.9. The summed E-state index contributed by atoms with van der Waals surface area (Å²) in [4.78, 5) is 77.4. The van der Waals surface area contributed by atoms with Gasteiger partial charge in [-0.2, -0.15) is 10.2 Å². The van der Waals surface area contributed by atoms with Gasteiger partial charge in [0.2, 0.25) is 29.6 Å². The van der Waals surface area contributed by atoms with E-state index in [0.717, 1.165) is 32.5 Å². The van der Waals surface area contributed by atoms with Crippen LogP contribution in [-0.4, -0.2) is 112 Å². The standard InChI is InChI=1S/C45H56N14O7/c1-5-57-33(19-26(3)53-57)42(63)51-44-49-31-21-28(40(46)61)23-35(65-18-12-37(60)48-13-17-55-14-8-7-9-15-55)38(31)56(44)16-10-11-30-25-66-36-24-29(41(47)62)22-32-39(36)59(30)45(50-32)52-43(64)34-20-27(4)54-58(34)6-2/h19-24,30H,5-18,25H2,1-4H3,(H2,46,61)(H2,47,62)(H,48,60)(H,49,51,63)(H,50,52,64)/t30-/m0/s1. The highest BCUT2D eigenvalue weighted by molar-refractivity contribution is 6.05. The van der Waals surface area contributed by atoms with Crippen molar-refractivity contribution in [2.75, 3.05) is 50.0 Å². The Morgan fingerprint density at radius 3 is 2.02 bits per heavy atom. The summed E-state index contributed by atoms with van der Waals surface area (Å²) < 4.78 is 19.4. The summed E-state index contributed by atoms with van der Waals surface area (Å²) in [5, 5.41) is 17.8. The van der Waals surface area contributed by atoms with Crippen molar-refractivity contribution >= 4 is 63.5 Å². The van der Waals surface area contributed by atoms with Crippen LogP contribution in [0.2, 0.25) is 0 Å². The van der Waals surface area contributed by atoms with Crippen molar-refractivity contribution in [2.24, 2.45) is 11.5 Å². The maximum Gasteiger partial charge on any atom is 0.276 e. The van der Waals surface area contributed by atoms with Crippen LogP contribution in [0.15, 0.2) is 36.4 Å². The molecule has 7 N–H and O–H groups in total. The van der Waals surface area contributed by atoms with Crippen LogP contribution in [0.1, 0.15) is 111 Å². The second-order valence-electron chi connectivity index (χ2n) is 16.6. The number of fused-ring (bicyclic) bond motifs is 1. The first-order valence-corrected chi connectivity index (χ1v) is 22.5. The van der Waals surface area contributed by atoms with Crippen molar-refractivity contribution in [2.45, 2.75) is 91.9 Å². The van der Waals surface area contributed by atoms with Crippen molar-refractivity contribution in [3.05, 3.63) is 70.3 Å². The summed E-state index contributed by atoms with van der Waals surface area (Å²) in [5.74, 6) is -1.29. The van der Waals surface area contributed by atoms with Crippen LogP contribution in [0.3, 0.4) is 0 Å². The van der Waals surface area contributed by atoms with E-state index < -0.39 is 23.6 Å². The third-order valence-corrected chi connectivity index (χ3v) is 11.9. The minimum atomic E-state index is -0.705. The number of hydrogen-bond donors (Lipinski definition) is 5. The topological polar surface area (TPSA) is 266 Å². The number of nitrogens with two attached hydrogens (primary N) is 2. The van der Waals surface area contributed by atoms with Crippen LogP contribution < -0.4 is 36.9 Å². The zero-order valence-electron chi connectivity index (χ0n) is 37.7. The highest BCUT2D eigenvalue weighted by atomic mass is 16.5. The van der Waals surface area contributed by atoms with Crippen molar-refractivity contribution in [1.29, 1.82) is 0 Å². The van der Waals surface area contributed by atoms with E-state index in [9.17, 15) is 24.0 Å². The van der Waals surface area contributed by atoms with E-state index in [1.807, 2.05) is 29.9 Å². The van der Waals surface area contributed by atoms with Crippen molar-refractivity contribution in [1.82, 2.24) is 48.9 Å². The molecule has 21 nitrogen and oxygen atoms in total. The Kier molecular flexibility index (Phi) is 13.3. The van der Waals surface area contributed by atoms with Crippen LogP contribution in [-0.2, 0) is 24.4 Å². The number of primary amides is 2. The Bertz CT molecular complexity index is 2830. The second kappa shape index (κ2) is 19.4. The fourth-order valence-corrected chi connectivity index (χ4v) is 8.79. The lowest BCUT2D eigenvalue weighted by atomic mass is 10.1. The Labute approximate surface area is 380 Å². The fourth-order valence-electron chi connectivity index (χ4n) is 8.79. The number of ether oxygens (including phenoxy) is 2. The van der Waals surface area contributed by atoms with Crippen LogP contribution in [0, 0.1) is 13.8 Å². The number of rotatable bonds is 19. The number of benzene rings is 2. The van der Waals surface area contributed by atoms with E-state index in [4.69, 9.17) is 30.9 Å². The minimum absolute atomic E-state index is 0.00523. The number of hydrogen-bond acceptors (Lipinski definition) is 12. The maximum absolute atomic E-state index is 13.9. The van der Waals surface area contributed by atoms with E-state index in [2.05, 4.69) is 31.0 Å². The average molecular weight is 905 g/mol. The maximum atomic E-state index is 13.9. The molecule has 0 aliphatic carbocycles. The van der Waals surface area contributed by atoms with Gasteiger partial charge in [0, 0.05) is 43.9 Å². The summed E-state index contributed by atoms with van der Waals surface area (Å²) in [6.45, 7) is 12.1. The molecule has 0 unspecified atom stereocenters. The number of aryl methyl sites for hydroxylation is 5. The number of likely N-dealkylation sites (tertiary alicyclic amines) is 1. The molecule has 0 saturated carbocycles. The molecule has 0 bridgehead atoms. The highest BCUT2D eigenvalue weighted by Crippen LogP contribution is 2.39. The molecule has 21 heteroatoms. The molecule has 2 aliphatic heterocycles. The summed E-state index contributed by atoms with van der Waals surface area (Å²) in [6.07, 6.45) is 4.56.